The van der Waals surface area contributed by atoms with Gasteiger partial charge in [0, 0.05) is 17.7 Å². The predicted molar refractivity (Wildman–Crippen MR) is 109 cm³/mol. The van der Waals surface area contributed by atoms with Gasteiger partial charge in [-0.1, -0.05) is 60.7 Å². The highest BCUT2D eigenvalue weighted by Gasteiger charge is 2.17. The molecule has 1 aromatic heterocycles. The third-order valence-electron chi connectivity index (χ3n) is 4.45. The van der Waals surface area contributed by atoms with Gasteiger partial charge in [0.15, 0.2) is 5.76 Å². The van der Waals surface area contributed by atoms with E-state index in [-0.39, 0.29) is 6.61 Å². The molecule has 0 radical (unpaired) electrons. The lowest BCUT2D eigenvalue weighted by Gasteiger charge is -2.06. The van der Waals surface area contributed by atoms with Crippen molar-refractivity contribution in [1.82, 2.24) is 4.98 Å². The predicted octanol–water partition coefficient (Wildman–Crippen LogP) is 5.12. The van der Waals surface area contributed by atoms with E-state index >= 15 is 0 Å². The summed E-state index contributed by atoms with van der Waals surface area (Å²) in [7, 11) is 0. The number of nitrogens with zero attached hydrogens (tertiary/aromatic N) is 1. The van der Waals surface area contributed by atoms with Crippen molar-refractivity contribution in [2.75, 3.05) is 6.61 Å². The highest BCUT2D eigenvalue weighted by molar-refractivity contribution is 5.64. The Morgan fingerprint density at radius 1 is 0.786 bits per heavy atom. The van der Waals surface area contributed by atoms with Gasteiger partial charge in [-0.3, -0.25) is 0 Å². The Morgan fingerprint density at radius 2 is 1.43 bits per heavy atom. The summed E-state index contributed by atoms with van der Waals surface area (Å²) in [5, 5.41) is 9.03. The summed E-state index contributed by atoms with van der Waals surface area (Å²) in [4.78, 5) is 4.69. The molecule has 3 aromatic carbocycles. The fraction of sp³-hybridized carbons (Fsp3) is 0.125. The van der Waals surface area contributed by atoms with Gasteiger partial charge < -0.3 is 14.3 Å². The van der Waals surface area contributed by atoms with Crippen LogP contribution in [0.2, 0.25) is 0 Å². The normalized spacial score (nSPS) is 10.8. The average molecular weight is 371 g/mol. The molecule has 0 aliphatic heterocycles. The fourth-order valence-corrected chi connectivity index (χ4v) is 3.00. The number of benzene rings is 3. The summed E-state index contributed by atoms with van der Waals surface area (Å²) in [6.07, 6.45) is 0.641. The molecule has 0 unspecified atom stereocenters. The van der Waals surface area contributed by atoms with Crippen molar-refractivity contribution in [2.24, 2.45) is 0 Å². The molecule has 140 valence electrons. The maximum absolute atomic E-state index is 9.03. The van der Waals surface area contributed by atoms with E-state index < -0.39 is 0 Å². The van der Waals surface area contributed by atoms with Gasteiger partial charge in [-0.15, -0.1) is 0 Å². The lowest BCUT2D eigenvalue weighted by molar-refractivity contribution is 0.297. The van der Waals surface area contributed by atoms with Crippen molar-refractivity contribution in [2.45, 2.75) is 13.0 Å². The molecule has 0 amide bonds. The molecule has 4 nitrogen and oxygen atoms in total. The van der Waals surface area contributed by atoms with Crippen molar-refractivity contribution in [3.63, 3.8) is 0 Å². The molecule has 4 heteroatoms. The molecule has 0 aliphatic carbocycles. The monoisotopic (exact) mass is 371 g/mol. The van der Waals surface area contributed by atoms with Crippen LogP contribution in [-0.4, -0.2) is 16.7 Å². The number of aromatic nitrogens is 1. The number of ether oxygens (including phenoxy) is 1. The van der Waals surface area contributed by atoms with Gasteiger partial charge in [0.2, 0.25) is 5.89 Å². The average Bonchev–Trinajstić information content (AvgIpc) is 3.19. The molecule has 0 saturated heterocycles. The second kappa shape index (κ2) is 8.55. The Morgan fingerprint density at radius 3 is 2.07 bits per heavy atom. The van der Waals surface area contributed by atoms with Gasteiger partial charge in [-0.25, -0.2) is 4.98 Å². The van der Waals surface area contributed by atoms with Crippen molar-refractivity contribution in [3.05, 3.63) is 96.2 Å². The van der Waals surface area contributed by atoms with Crippen LogP contribution in [0.3, 0.4) is 0 Å². The first-order valence-corrected chi connectivity index (χ1v) is 9.26. The number of hydrogen-bond acceptors (Lipinski definition) is 4. The zero-order chi connectivity index (χ0) is 19.2. The first-order valence-electron chi connectivity index (χ1n) is 9.26. The Balaban J connectivity index is 1.60. The minimum absolute atomic E-state index is 0.141. The Kier molecular flexibility index (Phi) is 5.50. The number of hydrogen-bond donors (Lipinski definition) is 1. The lowest BCUT2D eigenvalue weighted by atomic mass is 10.1. The molecular formula is C24H21NO3. The Bertz CT molecular complexity index is 1010. The maximum atomic E-state index is 9.03. The van der Waals surface area contributed by atoms with E-state index in [1.54, 1.807) is 0 Å². The number of aliphatic hydroxyl groups excluding tert-OH is 1. The first-order chi connectivity index (χ1) is 13.8. The third-order valence-corrected chi connectivity index (χ3v) is 4.45. The fourth-order valence-electron chi connectivity index (χ4n) is 3.00. The molecule has 1 heterocycles. The molecule has 0 fully saturated rings. The highest BCUT2D eigenvalue weighted by Crippen LogP contribution is 2.30. The van der Waals surface area contributed by atoms with E-state index in [1.807, 2.05) is 84.9 Å². The summed E-state index contributed by atoms with van der Waals surface area (Å²) >= 11 is 0. The standard InChI is InChI=1S/C24H21NO3/c26-16-15-18-11-13-21(14-12-18)27-17-22-23(19-7-3-1-4-8-19)28-24(25-22)20-9-5-2-6-10-20/h1-14,26H,15-17H2. The lowest BCUT2D eigenvalue weighted by Crippen LogP contribution is -1.98. The Hall–Kier alpha value is -3.37. The van der Waals surface area contributed by atoms with Crippen molar-refractivity contribution in [1.29, 1.82) is 0 Å². The molecule has 4 aromatic rings. The van der Waals surface area contributed by atoms with Crippen LogP contribution < -0.4 is 4.74 Å². The van der Waals surface area contributed by atoms with Gasteiger partial charge in [0.1, 0.15) is 18.1 Å². The molecule has 0 atom stereocenters. The third kappa shape index (κ3) is 4.13. The molecule has 28 heavy (non-hydrogen) atoms. The molecular weight excluding hydrogens is 350 g/mol. The van der Waals surface area contributed by atoms with Crippen LogP contribution in [0.25, 0.3) is 22.8 Å². The first kappa shape index (κ1) is 18.0. The summed E-state index contributed by atoms with van der Waals surface area (Å²) in [6, 6.07) is 27.5. The van der Waals surface area contributed by atoms with Crippen LogP contribution in [0.15, 0.2) is 89.3 Å². The summed E-state index contributed by atoms with van der Waals surface area (Å²) < 4.78 is 12.1. The SMILES string of the molecule is OCCc1ccc(OCc2nc(-c3ccccc3)oc2-c2ccccc2)cc1. The van der Waals surface area contributed by atoms with E-state index in [0.717, 1.165) is 33.9 Å². The highest BCUT2D eigenvalue weighted by atomic mass is 16.5. The van der Waals surface area contributed by atoms with Crippen LogP contribution >= 0.6 is 0 Å². The molecule has 0 saturated carbocycles. The van der Waals surface area contributed by atoms with Crippen molar-refractivity contribution >= 4 is 0 Å². The largest absolute Gasteiger partial charge is 0.487 e. The minimum atomic E-state index is 0.141. The molecule has 4 rings (SSSR count). The van der Waals surface area contributed by atoms with Gasteiger partial charge in [0.05, 0.1) is 0 Å². The van der Waals surface area contributed by atoms with Crippen LogP contribution in [0.1, 0.15) is 11.3 Å². The molecule has 0 bridgehead atoms. The van der Waals surface area contributed by atoms with Crippen molar-refractivity contribution in [3.8, 4) is 28.5 Å². The quantitative estimate of drug-likeness (QED) is 0.490. The summed E-state index contributed by atoms with van der Waals surface area (Å²) in [6.45, 7) is 0.446. The number of rotatable bonds is 7. The topological polar surface area (TPSA) is 55.5 Å². The minimum Gasteiger partial charge on any atom is -0.487 e. The maximum Gasteiger partial charge on any atom is 0.227 e. The summed E-state index contributed by atoms with van der Waals surface area (Å²) in [5.74, 6) is 2.05. The number of aliphatic hydroxyl groups is 1. The van der Waals surface area contributed by atoms with Gasteiger partial charge in [-0.05, 0) is 36.2 Å². The summed E-state index contributed by atoms with van der Waals surface area (Å²) in [5.41, 5.74) is 3.73. The van der Waals surface area contributed by atoms with E-state index in [4.69, 9.17) is 19.2 Å². The van der Waals surface area contributed by atoms with Gasteiger partial charge in [0.25, 0.3) is 0 Å². The zero-order valence-corrected chi connectivity index (χ0v) is 15.4. The van der Waals surface area contributed by atoms with E-state index in [0.29, 0.717) is 18.9 Å². The van der Waals surface area contributed by atoms with Crippen LogP contribution in [-0.2, 0) is 13.0 Å². The van der Waals surface area contributed by atoms with Crippen LogP contribution in [0, 0.1) is 0 Å². The van der Waals surface area contributed by atoms with Crippen LogP contribution in [0.5, 0.6) is 5.75 Å². The number of oxazole rings is 1. The van der Waals surface area contributed by atoms with E-state index in [2.05, 4.69) is 0 Å². The van der Waals surface area contributed by atoms with E-state index in [9.17, 15) is 0 Å². The van der Waals surface area contributed by atoms with E-state index in [1.165, 1.54) is 0 Å². The Labute approximate surface area is 164 Å². The molecule has 0 aliphatic rings. The van der Waals surface area contributed by atoms with Gasteiger partial charge >= 0.3 is 0 Å². The van der Waals surface area contributed by atoms with Gasteiger partial charge in [-0.2, -0.15) is 0 Å². The second-order valence-corrected chi connectivity index (χ2v) is 6.43. The smallest absolute Gasteiger partial charge is 0.227 e. The van der Waals surface area contributed by atoms with Crippen LogP contribution in [0.4, 0.5) is 0 Å². The van der Waals surface area contributed by atoms with Crippen molar-refractivity contribution < 1.29 is 14.3 Å². The second-order valence-electron chi connectivity index (χ2n) is 6.43. The molecule has 1 N–H and O–H groups in total. The zero-order valence-electron chi connectivity index (χ0n) is 15.4. The molecule has 0 spiro atoms.